The average Bonchev–Trinajstić information content (AvgIpc) is 3.00. The number of fused-ring (bicyclic) bond motifs is 1. The molecule has 1 amide bonds. The van der Waals surface area contributed by atoms with Gasteiger partial charge in [-0.05, 0) is 60.0 Å². The molecule has 5 rings (SSSR count). The topological polar surface area (TPSA) is 94.8 Å². The van der Waals surface area contributed by atoms with Gasteiger partial charge in [-0.3, -0.25) is 14.2 Å². The number of carbonyl (C=O) groups is 1. The van der Waals surface area contributed by atoms with Crippen LogP contribution in [-0.4, -0.2) is 34.5 Å². The minimum Gasteiger partial charge on any atom is -0.493 e. The van der Waals surface area contributed by atoms with Crippen LogP contribution < -0.4 is 20.5 Å². The van der Waals surface area contributed by atoms with Gasteiger partial charge in [0.25, 0.3) is 11.5 Å². The number of benzene rings is 4. The van der Waals surface area contributed by atoms with Crippen molar-refractivity contribution in [2.75, 3.05) is 12.9 Å². The number of rotatable bonds is 10. The van der Waals surface area contributed by atoms with E-state index in [1.165, 1.54) is 18.0 Å². The van der Waals surface area contributed by atoms with Crippen LogP contribution in [0, 0.1) is 6.92 Å². The van der Waals surface area contributed by atoms with Crippen LogP contribution in [0.2, 0.25) is 0 Å². The molecule has 0 saturated heterocycles. The molecule has 1 N–H and O–H groups in total. The molecule has 0 aliphatic carbocycles. The largest absolute Gasteiger partial charge is 0.493 e. The molecule has 0 aliphatic heterocycles. The van der Waals surface area contributed by atoms with E-state index in [0.717, 1.165) is 22.4 Å². The number of para-hydroxylation sites is 2. The van der Waals surface area contributed by atoms with Gasteiger partial charge in [-0.1, -0.05) is 72.4 Å². The zero-order chi connectivity index (χ0) is 28.6. The minimum atomic E-state index is -0.334. The molecule has 0 radical (unpaired) electrons. The summed E-state index contributed by atoms with van der Waals surface area (Å²) in [5.41, 5.74) is 6.36. The Morgan fingerprint density at radius 2 is 1.73 bits per heavy atom. The van der Waals surface area contributed by atoms with Crippen LogP contribution in [0.25, 0.3) is 16.6 Å². The summed E-state index contributed by atoms with van der Waals surface area (Å²) < 4.78 is 12.9. The highest BCUT2D eigenvalue weighted by Gasteiger charge is 2.16. The first-order valence-electron chi connectivity index (χ1n) is 12.9. The Kier molecular flexibility index (Phi) is 8.76. The van der Waals surface area contributed by atoms with Gasteiger partial charge >= 0.3 is 0 Å². The predicted molar refractivity (Wildman–Crippen MR) is 162 cm³/mol. The first kappa shape index (κ1) is 27.7. The lowest BCUT2D eigenvalue weighted by molar-refractivity contribution is -0.118. The van der Waals surface area contributed by atoms with Gasteiger partial charge < -0.3 is 9.47 Å². The van der Waals surface area contributed by atoms with Gasteiger partial charge in [-0.2, -0.15) is 5.10 Å². The molecule has 1 aromatic heterocycles. The fourth-order valence-corrected chi connectivity index (χ4v) is 5.00. The monoisotopic (exact) mass is 564 g/mol. The van der Waals surface area contributed by atoms with Gasteiger partial charge in [0.15, 0.2) is 16.7 Å². The summed E-state index contributed by atoms with van der Waals surface area (Å²) in [6, 6.07) is 30.0. The third-order valence-corrected chi connectivity index (χ3v) is 7.20. The number of nitrogens with zero attached hydrogens (tertiary/aromatic N) is 3. The van der Waals surface area contributed by atoms with Gasteiger partial charge in [-0.25, -0.2) is 10.4 Å². The number of aryl methyl sites for hydroxylation is 1. The molecule has 0 aliphatic rings. The van der Waals surface area contributed by atoms with E-state index in [0.29, 0.717) is 34.2 Å². The third kappa shape index (κ3) is 6.64. The molecule has 9 heteroatoms. The lowest BCUT2D eigenvalue weighted by Gasteiger charge is -2.14. The number of nitrogens with one attached hydrogen (secondary N) is 1. The average molecular weight is 565 g/mol. The Balaban J connectivity index is 1.28. The zero-order valence-electron chi connectivity index (χ0n) is 22.6. The van der Waals surface area contributed by atoms with Gasteiger partial charge in [0.05, 0.1) is 35.7 Å². The van der Waals surface area contributed by atoms with Crippen molar-refractivity contribution >= 4 is 34.8 Å². The maximum absolute atomic E-state index is 13.4. The van der Waals surface area contributed by atoms with E-state index in [9.17, 15) is 9.59 Å². The smallest absolute Gasteiger partial charge is 0.266 e. The lowest BCUT2D eigenvalue weighted by atomic mass is 10.2. The molecule has 0 unspecified atom stereocenters. The van der Waals surface area contributed by atoms with E-state index in [-0.39, 0.29) is 17.2 Å². The first-order chi connectivity index (χ1) is 20.0. The van der Waals surface area contributed by atoms with Crippen LogP contribution in [0.3, 0.4) is 0 Å². The molecule has 0 bridgehead atoms. The number of hydrogen-bond donors (Lipinski definition) is 1. The Hall–Kier alpha value is -4.89. The van der Waals surface area contributed by atoms with Gasteiger partial charge in [-0.15, -0.1) is 0 Å². The third-order valence-electron chi connectivity index (χ3n) is 6.26. The van der Waals surface area contributed by atoms with Crippen molar-refractivity contribution in [3.8, 4) is 17.2 Å². The fourth-order valence-electron chi connectivity index (χ4n) is 4.20. The number of thioether (sulfide) groups is 1. The summed E-state index contributed by atoms with van der Waals surface area (Å²) >= 11 is 1.18. The summed E-state index contributed by atoms with van der Waals surface area (Å²) in [4.78, 5) is 30.8. The number of aromatic nitrogens is 2. The normalized spacial score (nSPS) is 11.1. The fraction of sp³-hybridized carbons (Fsp3) is 0.125. The SMILES string of the molecule is COc1ccc(C=NNC(=O)CSc2nc3ccccc3c(=O)n2-c2ccccc2C)cc1OCc1ccccc1. The van der Waals surface area contributed by atoms with Crippen LogP contribution in [-0.2, 0) is 11.4 Å². The van der Waals surface area contributed by atoms with Crippen LogP contribution in [0.1, 0.15) is 16.7 Å². The van der Waals surface area contributed by atoms with E-state index >= 15 is 0 Å². The first-order valence-corrected chi connectivity index (χ1v) is 13.9. The molecule has 41 heavy (non-hydrogen) atoms. The van der Waals surface area contributed by atoms with Crippen LogP contribution >= 0.6 is 11.8 Å². The summed E-state index contributed by atoms with van der Waals surface area (Å²) in [6.07, 6.45) is 1.54. The van der Waals surface area contributed by atoms with Crippen LogP contribution in [0.5, 0.6) is 11.5 Å². The maximum Gasteiger partial charge on any atom is 0.266 e. The quantitative estimate of drug-likeness (QED) is 0.104. The minimum absolute atomic E-state index is 0.0159. The maximum atomic E-state index is 13.4. The Labute approximate surface area is 241 Å². The Bertz CT molecular complexity index is 1770. The molecule has 1 heterocycles. The summed E-state index contributed by atoms with van der Waals surface area (Å²) in [7, 11) is 1.58. The highest BCUT2D eigenvalue weighted by molar-refractivity contribution is 7.99. The molecule has 206 valence electrons. The second-order valence-electron chi connectivity index (χ2n) is 9.11. The van der Waals surface area contributed by atoms with Crippen molar-refractivity contribution < 1.29 is 14.3 Å². The number of ether oxygens (including phenoxy) is 2. The number of carbonyl (C=O) groups excluding carboxylic acids is 1. The molecule has 5 aromatic rings. The van der Waals surface area contributed by atoms with Gasteiger partial charge in [0.2, 0.25) is 0 Å². The lowest BCUT2D eigenvalue weighted by Crippen LogP contribution is -2.24. The molecular weight excluding hydrogens is 536 g/mol. The van der Waals surface area contributed by atoms with Crippen molar-refractivity contribution in [2.45, 2.75) is 18.7 Å². The molecule has 0 fully saturated rings. The highest BCUT2D eigenvalue weighted by Crippen LogP contribution is 2.28. The number of amides is 1. The second-order valence-corrected chi connectivity index (χ2v) is 10.0. The van der Waals surface area contributed by atoms with E-state index in [4.69, 9.17) is 14.5 Å². The van der Waals surface area contributed by atoms with E-state index < -0.39 is 0 Å². The summed E-state index contributed by atoms with van der Waals surface area (Å²) in [6.45, 7) is 2.33. The number of hydrogen-bond acceptors (Lipinski definition) is 7. The van der Waals surface area contributed by atoms with Gasteiger partial charge in [0.1, 0.15) is 6.61 Å². The van der Waals surface area contributed by atoms with Crippen molar-refractivity contribution in [3.63, 3.8) is 0 Å². The summed E-state index contributed by atoms with van der Waals surface area (Å²) in [5, 5.41) is 5.05. The van der Waals surface area contributed by atoms with E-state index in [1.807, 2.05) is 79.7 Å². The number of methoxy groups -OCH3 is 1. The van der Waals surface area contributed by atoms with E-state index in [2.05, 4.69) is 10.5 Å². The predicted octanol–water partition coefficient (Wildman–Crippen LogP) is 5.52. The van der Waals surface area contributed by atoms with Crippen molar-refractivity contribution in [2.24, 2.45) is 5.10 Å². The van der Waals surface area contributed by atoms with Crippen molar-refractivity contribution in [3.05, 3.63) is 124 Å². The Morgan fingerprint density at radius 3 is 2.54 bits per heavy atom. The molecular formula is C32H28N4O4S. The second kappa shape index (κ2) is 13.0. The van der Waals surface area contributed by atoms with Crippen LogP contribution in [0.15, 0.2) is 112 Å². The summed E-state index contributed by atoms with van der Waals surface area (Å²) in [5.74, 6) is 0.848. The molecule has 0 atom stereocenters. The van der Waals surface area contributed by atoms with Gasteiger partial charge in [0, 0.05) is 0 Å². The van der Waals surface area contributed by atoms with E-state index in [1.54, 1.807) is 35.9 Å². The van der Waals surface area contributed by atoms with Crippen molar-refractivity contribution in [1.82, 2.24) is 15.0 Å². The highest BCUT2D eigenvalue weighted by atomic mass is 32.2. The molecule has 8 nitrogen and oxygen atoms in total. The van der Waals surface area contributed by atoms with Crippen LogP contribution in [0.4, 0.5) is 0 Å². The zero-order valence-corrected chi connectivity index (χ0v) is 23.4. The standard InChI is InChI=1S/C32H28N4O4S/c1-22-10-6-9-15-27(22)36-31(38)25-13-7-8-14-26(25)34-32(36)41-21-30(37)35-33-19-24-16-17-28(39-2)29(18-24)40-20-23-11-4-3-5-12-23/h3-19H,20-21H2,1-2H3,(H,35,37). The Morgan fingerprint density at radius 1 is 0.976 bits per heavy atom. The molecule has 4 aromatic carbocycles. The molecule has 0 spiro atoms. The number of hydrazone groups is 1. The molecule has 0 saturated carbocycles. The van der Waals surface area contributed by atoms with Crippen molar-refractivity contribution in [1.29, 1.82) is 0 Å².